The standard InChI is InChI=1S/C20H23FN2O4S/c1-15-6-7-16(12-19(15)21)20(24)22-13-17-4-2-3-5-18(17)14-28(25,26)23-8-10-27-11-9-23/h2-7,12H,8-11,13-14H2,1H3,(H,22,24). The number of carbonyl (C=O) groups excluding carboxylic acids is 1. The number of nitrogens with one attached hydrogen (secondary N) is 1. The number of rotatable bonds is 6. The van der Waals surface area contributed by atoms with Crippen molar-refractivity contribution in [1.29, 1.82) is 0 Å². The van der Waals surface area contributed by atoms with Gasteiger partial charge in [-0.1, -0.05) is 30.3 Å². The van der Waals surface area contributed by atoms with Gasteiger partial charge in [-0.3, -0.25) is 4.79 Å². The van der Waals surface area contributed by atoms with Gasteiger partial charge in [-0.05, 0) is 35.7 Å². The van der Waals surface area contributed by atoms with Crippen molar-refractivity contribution in [3.05, 3.63) is 70.5 Å². The Bertz CT molecular complexity index is 956. The van der Waals surface area contributed by atoms with Crippen LogP contribution in [0.1, 0.15) is 27.0 Å². The lowest BCUT2D eigenvalue weighted by Crippen LogP contribution is -2.41. The van der Waals surface area contributed by atoms with Crippen molar-refractivity contribution in [2.24, 2.45) is 0 Å². The number of benzene rings is 2. The van der Waals surface area contributed by atoms with E-state index in [4.69, 9.17) is 4.74 Å². The first-order chi connectivity index (χ1) is 13.4. The molecule has 0 aromatic heterocycles. The van der Waals surface area contributed by atoms with Crippen LogP contribution in [0.25, 0.3) is 0 Å². The molecule has 0 radical (unpaired) electrons. The van der Waals surface area contributed by atoms with Crippen LogP contribution in [0.3, 0.4) is 0 Å². The summed E-state index contributed by atoms with van der Waals surface area (Å²) >= 11 is 0. The largest absolute Gasteiger partial charge is 0.379 e. The van der Waals surface area contributed by atoms with Crippen LogP contribution < -0.4 is 5.32 Å². The Kier molecular flexibility index (Phi) is 6.43. The van der Waals surface area contributed by atoms with Gasteiger partial charge in [-0.2, -0.15) is 4.31 Å². The number of ether oxygens (including phenoxy) is 1. The molecule has 2 aromatic carbocycles. The molecular weight excluding hydrogens is 383 g/mol. The molecule has 1 N–H and O–H groups in total. The number of halogens is 1. The van der Waals surface area contributed by atoms with Gasteiger partial charge in [-0.25, -0.2) is 12.8 Å². The average Bonchev–Trinajstić information content (AvgIpc) is 2.69. The maximum absolute atomic E-state index is 13.7. The lowest BCUT2D eigenvalue weighted by Gasteiger charge is -2.26. The normalized spacial score (nSPS) is 15.4. The number of hydrogen-bond acceptors (Lipinski definition) is 4. The molecule has 0 aliphatic carbocycles. The molecule has 1 heterocycles. The van der Waals surface area contributed by atoms with E-state index in [2.05, 4.69) is 5.32 Å². The second-order valence-electron chi connectivity index (χ2n) is 6.68. The number of morpholine rings is 1. The summed E-state index contributed by atoms with van der Waals surface area (Å²) in [6, 6.07) is 11.4. The molecule has 8 heteroatoms. The van der Waals surface area contributed by atoms with Gasteiger partial charge >= 0.3 is 0 Å². The Morgan fingerprint density at radius 3 is 2.50 bits per heavy atom. The minimum Gasteiger partial charge on any atom is -0.379 e. The van der Waals surface area contributed by atoms with E-state index in [1.165, 1.54) is 10.4 Å². The fourth-order valence-electron chi connectivity index (χ4n) is 2.99. The van der Waals surface area contributed by atoms with Gasteiger partial charge < -0.3 is 10.1 Å². The first kappa shape index (κ1) is 20.4. The van der Waals surface area contributed by atoms with Crippen LogP contribution in [0.4, 0.5) is 4.39 Å². The van der Waals surface area contributed by atoms with E-state index in [0.717, 1.165) is 0 Å². The fourth-order valence-corrected chi connectivity index (χ4v) is 4.56. The number of hydrogen-bond donors (Lipinski definition) is 1. The molecule has 1 fully saturated rings. The predicted octanol–water partition coefficient (Wildman–Crippen LogP) is 2.23. The Balaban J connectivity index is 1.70. The Morgan fingerprint density at radius 2 is 1.82 bits per heavy atom. The van der Waals surface area contributed by atoms with Crippen molar-refractivity contribution in [3.8, 4) is 0 Å². The minimum atomic E-state index is -3.47. The van der Waals surface area contributed by atoms with Gasteiger partial charge in [0, 0.05) is 25.2 Å². The van der Waals surface area contributed by atoms with E-state index in [1.54, 1.807) is 43.3 Å². The molecule has 6 nitrogen and oxygen atoms in total. The third-order valence-electron chi connectivity index (χ3n) is 4.69. The molecule has 0 bridgehead atoms. The zero-order valence-electron chi connectivity index (χ0n) is 15.7. The highest BCUT2D eigenvalue weighted by atomic mass is 32.2. The van der Waals surface area contributed by atoms with Crippen LogP contribution in [0.2, 0.25) is 0 Å². The van der Waals surface area contributed by atoms with E-state index in [0.29, 0.717) is 43.0 Å². The highest BCUT2D eigenvalue weighted by molar-refractivity contribution is 7.88. The van der Waals surface area contributed by atoms with Gasteiger partial charge in [0.15, 0.2) is 0 Å². The second kappa shape index (κ2) is 8.81. The lowest BCUT2D eigenvalue weighted by molar-refractivity contribution is 0.0729. The molecule has 1 aliphatic heterocycles. The average molecular weight is 406 g/mol. The molecule has 2 aromatic rings. The van der Waals surface area contributed by atoms with Crippen LogP contribution in [0, 0.1) is 12.7 Å². The van der Waals surface area contributed by atoms with Crippen LogP contribution in [0.15, 0.2) is 42.5 Å². The van der Waals surface area contributed by atoms with Crippen molar-refractivity contribution in [2.45, 2.75) is 19.2 Å². The zero-order chi connectivity index (χ0) is 20.1. The van der Waals surface area contributed by atoms with Crippen LogP contribution in [-0.2, 0) is 27.1 Å². The number of amides is 1. The highest BCUT2D eigenvalue weighted by Crippen LogP contribution is 2.17. The summed E-state index contributed by atoms with van der Waals surface area (Å²) in [6.45, 7) is 3.26. The molecule has 1 aliphatic rings. The molecule has 0 spiro atoms. The van der Waals surface area contributed by atoms with Gasteiger partial charge in [0.1, 0.15) is 5.82 Å². The molecule has 0 atom stereocenters. The SMILES string of the molecule is Cc1ccc(C(=O)NCc2ccccc2CS(=O)(=O)N2CCOCC2)cc1F. The summed E-state index contributed by atoms with van der Waals surface area (Å²) in [6.07, 6.45) is 0. The summed E-state index contributed by atoms with van der Waals surface area (Å²) in [5.74, 6) is -0.993. The quantitative estimate of drug-likeness (QED) is 0.798. The van der Waals surface area contributed by atoms with E-state index in [1.807, 2.05) is 0 Å². The van der Waals surface area contributed by atoms with Crippen LogP contribution in [0.5, 0.6) is 0 Å². The van der Waals surface area contributed by atoms with Crippen molar-refractivity contribution >= 4 is 15.9 Å². The third kappa shape index (κ3) is 4.95. The van der Waals surface area contributed by atoms with E-state index >= 15 is 0 Å². The number of sulfonamides is 1. The van der Waals surface area contributed by atoms with Gasteiger partial charge in [0.05, 0.1) is 19.0 Å². The summed E-state index contributed by atoms with van der Waals surface area (Å²) in [5.41, 5.74) is 2.03. The first-order valence-electron chi connectivity index (χ1n) is 9.03. The van der Waals surface area contributed by atoms with Gasteiger partial charge in [0.2, 0.25) is 10.0 Å². The Morgan fingerprint density at radius 1 is 1.14 bits per heavy atom. The molecule has 0 unspecified atom stereocenters. The van der Waals surface area contributed by atoms with Crippen molar-refractivity contribution < 1.29 is 22.3 Å². The number of aryl methyl sites for hydroxylation is 1. The van der Waals surface area contributed by atoms with Gasteiger partial charge in [-0.15, -0.1) is 0 Å². The maximum atomic E-state index is 13.7. The molecule has 150 valence electrons. The van der Waals surface area contributed by atoms with Gasteiger partial charge in [0.25, 0.3) is 5.91 Å². The predicted molar refractivity (Wildman–Crippen MR) is 104 cm³/mol. The summed E-state index contributed by atoms with van der Waals surface area (Å²) in [4.78, 5) is 12.3. The van der Waals surface area contributed by atoms with E-state index < -0.39 is 21.7 Å². The highest BCUT2D eigenvalue weighted by Gasteiger charge is 2.25. The zero-order valence-corrected chi connectivity index (χ0v) is 16.5. The second-order valence-corrected chi connectivity index (χ2v) is 8.65. The smallest absolute Gasteiger partial charge is 0.251 e. The molecular formula is C20H23FN2O4S. The third-order valence-corrected chi connectivity index (χ3v) is 6.52. The minimum absolute atomic E-state index is 0.141. The molecule has 3 rings (SSSR count). The van der Waals surface area contributed by atoms with Crippen molar-refractivity contribution in [2.75, 3.05) is 26.3 Å². The fraction of sp³-hybridized carbons (Fsp3) is 0.350. The summed E-state index contributed by atoms with van der Waals surface area (Å²) in [5, 5.41) is 2.73. The van der Waals surface area contributed by atoms with Crippen molar-refractivity contribution in [3.63, 3.8) is 0 Å². The molecule has 0 saturated carbocycles. The van der Waals surface area contributed by atoms with Crippen molar-refractivity contribution in [1.82, 2.24) is 9.62 Å². The van der Waals surface area contributed by atoms with E-state index in [9.17, 15) is 17.6 Å². The number of carbonyl (C=O) groups is 1. The molecule has 1 amide bonds. The lowest BCUT2D eigenvalue weighted by atomic mass is 10.1. The monoisotopic (exact) mass is 406 g/mol. The van der Waals surface area contributed by atoms with E-state index in [-0.39, 0.29) is 17.9 Å². The molecule has 28 heavy (non-hydrogen) atoms. The Labute approximate surface area is 164 Å². The van der Waals surface area contributed by atoms with Crippen LogP contribution >= 0.6 is 0 Å². The summed E-state index contributed by atoms with van der Waals surface area (Å²) in [7, 11) is -3.47. The first-order valence-corrected chi connectivity index (χ1v) is 10.6. The Hall–Kier alpha value is -2.29. The maximum Gasteiger partial charge on any atom is 0.251 e. The number of nitrogens with zero attached hydrogens (tertiary/aromatic N) is 1. The topological polar surface area (TPSA) is 75.7 Å². The molecule has 1 saturated heterocycles. The van der Waals surface area contributed by atoms with Crippen LogP contribution in [-0.4, -0.2) is 44.9 Å². The summed E-state index contributed by atoms with van der Waals surface area (Å²) < 4.78 is 45.7.